The van der Waals surface area contributed by atoms with Crippen LogP contribution in [0.15, 0.2) is 48.0 Å². The molecule has 1 aliphatic heterocycles. The van der Waals surface area contributed by atoms with Gasteiger partial charge in [-0.15, -0.1) is 0 Å². The lowest BCUT2D eigenvalue weighted by atomic mass is 9.93. The zero-order valence-electron chi connectivity index (χ0n) is 17.2. The first-order chi connectivity index (χ1) is 15.8. The molecule has 0 radical (unpaired) electrons. The van der Waals surface area contributed by atoms with Crippen LogP contribution in [0.25, 0.3) is 6.08 Å². The van der Waals surface area contributed by atoms with E-state index in [9.17, 15) is 29.8 Å². The molecule has 0 unspecified atom stereocenters. The molecule has 1 saturated heterocycles. The molecule has 1 saturated carbocycles. The standard InChI is InChI=1S/C22H18N2O9/c25-20-16(21(26)33-22(32-20)10-4-1-5-11-22)12-14-6-2-3-7-18(14)31-19-9-8-15(23(27)28)13-17(19)24(29)30/h2-3,6-9,12-13H,1,4-5,10-11H2. The Morgan fingerprint density at radius 3 is 2.18 bits per heavy atom. The minimum Gasteiger partial charge on any atom is -0.449 e. The molecule has 2 aromatic rings. The van der Waals surface area contributed by atoms with E-state index in [4.69, 9.17) is 14.2 Å². The highest BCUT2D eigenvalue weighted by molar-refractivity contribution is 6.19. The Hall–Kier alpha value is -4.28. The number of esters is 2. The fourth-order valence-electron chi connectivity index (χ4n) is 3.78. The van der Waals surface area contributed by atoms with Crippen LogP contribution in [0.4, 0.5) is 11.4 Å². The number of hydrogen-bond donors (Lipinski definition) is 0. The van der Waals surface area contributed by atoms with Crippen LogP contribution in [0.3, 0.4) is 0 Å². The molecule has 2 fully saturated rings. The van der Waals surface area contributed by atoms with Gasteiger partial charge in [0.05, 0.1) is 15.9 Å². The summed E-state index contributed by atoms with van der Waals surface area (Å²) in [6.45, 7) is 0. The van der Waals surface area contributed by atoms with E-state index in [0.29, 0.717) is 12.8 Å². The summed E-state index contributed by atoms with van der Waals surface area (Å²) in [6, 6.07) is 9.18. The van der Waals surface area contributed by atoms with Crippen LogP contribution in [0.1, 0.15) is 37.7 Å². The molecule has 11 nitrogen and oxygen atoms in total. The van der Waals surface area contributed by atoms with E-state index < -0.39 is 38.9 Å². The highest BCUT2D eigenvalue weighted by atomic mass is 16.7. The molecule has 2 aliphatic rings. The fraction of sp³-hybridized carbons (Fsp3) is 0.273. The van der Waals surface area contributed by atoms with Crippen molar-refractivity contribution in [2.75, 3.05) is 0 Å². The van der Waals surface area contributed by atoms with Gasteiger partial charge in [-0.2, -0.15) is 0 Å². The van der Waals surface area contributed by atoms with Gasteiger partial charge in [0, 0.05) is 24.5 Å². The zero-order valence-corrected chi connectivity index (χ0v) is 17.2. The molecule has 33 heavy (non-hydrogen) atoms. The molecule has 0 amide bonds. The molecule has 1 spiro atoms. The number of nitro benzene ring substituents is 2. The Bertz CT molecular complexity index is 1160. The number of para-hydroxylation sites is 1. The summed E-state index contributed by atoms with van der Waals surface area (Å²) >= 11 is 0. The molecule has 11 heteroatoms. The molecule has 170 valence electrons. The Labute approximate surface area is 186 Å². The average molecular weight is 454 g/mol. The summed E-state index contributed by atoms with van der Waals surface area (Å²) in [4.78, 5) is 46.0. The van der Waals surface area contributed by atoms with Crippen molar-refractivity contribution >= 4 is 29.4 Å². The number of non-ortho nitro benzene ring substituents is 1. The lowest BCUT2D eigenvalue weighted by molar-refractivity contribution is -0.394. The van der Waals surface area contributed by atoms with Crippen LogP contribution in [0.2, 0.25) is 0 Å². The number of carbonyl (C=O) groups is 2. The van der Waals surface area contributed by atoms with E-state index in [1.165, 1.54) is 18.2 Å². The third-order valence-electron chi connectivity index (χ3n) is 5.40. The predicted molar refractivity (Wildman–Crippen MR) is 112 cm³/mol. The monoisotopic (exact) mass is 454 g/mol. The molecule has 0 N–H and O–H groups in total. The lowest BCUT2D eigenvalue weighted by Gasteiger charge is -2.38. The van der Waals surface area contributed by atoms with E-state index in [-0.39, 0.29) is 22.6 Å². The van der Waals surface area contributed by atoms with Crippen molar-refractivity contribution in [3.05, 3.63) is 73.8 Å². The largest absolute Gasteiger partial charge is 0.449 e. The van der Waals surface area contributed by atoms with Crippen LogP contribution < -0.4 is 4.74 Å². The third kappa shape index (κ3) is 4.52. The lowest BCUT2D eigenvalue weighted by Crippen LogP contribution is -2.47. The van der Waals surface area contributed by atoms with Gasteiger partial charge in [-0.1, -0.05) is 24.6 Å². The summed E-state index contributed by atoms with van der Waals surface area (Å²) < 4.78 is 16.6. The van der Waals surface area contributed by atoms with Crippen molar-refractivity contribution in [2.45, 2.75) is 37.9 Å². The van der Waals surface area contributed by atoms with E-state index in [1.54, 1.807) is 12.1 Å². The average Bonchev–Trinajstić information content (AvgIpc) is 2.78. The molecular weight excluding hydrogens is 436 g/mol. The normalized spacial score (nSPS) is 17.2. The van der Waals surface area contributed by atoms with Gasteiger partial charge >= 0.3 is 17.6 Å². The summed E-state index contributed by atoms with van der Waals surface area (Å²) in [6.07, 6.45) is 4.66. The Morgan fingerprint density at radius 1 is 0.879 bits per heavy atom. The molecule has 2 aromatic carbocycles. The topological polar surface area (TPSA) is 148 Å². The second kappa shape index (κ2) is 8.69. The van der Waals surface area contributed by atoms with Crippen molar-refractivity contribution in [3.63, 3.8) is 0 Å². The van der Waals surface area contributed by atoms with Gasteiger partial charge in [0.1, 0.15) is 11.3 Å². The van der Waals surface area contributed by atoms with E-state index in [0.717, 1.165) is 37.5 Å². The maximum absolute atomic E-state index is 12.6. The van der Waals surface area contributed by atoms with Crippen molar-refractivity contribution in [1.29, 1.82) is 0 Å². The van der Waals surface area contributed by atoms with Gasteiger partial charge in [0.15, 0.2) is 0 Å². The smallest absolute Gasteiger partial charge is 0.348 e. The van der Waals surface area contributed by atoms with Crippen molar-refractivity contribution < 1.29 is 33.6 Å². The number of carbonyl (C=O) groups excluding carboxylic acids is 2. The van der Waals surface area contributed by atoms with Crippen molar-refractivity contribution in [1.82, 2.24) is 0 Å². The number of nitro groups is 2. The summed E-state index contributed by atoms with van der Waals surface area (Å²) in [5.74, 6) is -3.01. The Morgan fingerprint density at radius 2 is 1.55 bits per heavy atom. The van der Waals surface area contributed by atoms with Gasteiger partial charge in [0.2, 0.25) is 5.75 Å². The van der Waals surface area contributed by atoms with Gasteiger partial charge in [-0.05, 0) is 31.1 Å². The number of nitrogens with zero attached hydrogens (tertiary/aromatic N) is 2. The van der Waals surface area contributed by atoms with Gasteiger partial charge in [-0.3, -0.25) is 20.2 Å². The minimum absolute atomic E-state index is 0.0838. The summed E-state index contributed by atoms with van der Waals surface area (Å²) in [5, 5.41) is 22.3. The molecular formula is C22H18N2O9. The first-order valence-corrected chi connectivity index (χ1v) is 10.2. The first-order valence-electron chi connectivity index (χ1n) is 10.2. The maximum Gasteiger partial charge on any atom is 0.348 e. The van der Waals surface area contributed by atoms with Crippen LogP contribution in [-0.4, -0.2) is 27.6 Å². The van der Waals surface area contributed by atoms with Crippen molar-refractivity contribution in [2.24, 2.45) is 0 Å². The second-order valence-electron chi connectivity index (χ2n) is 7.61. The SMILES string of the molecule is O=C1OC2(CCCCC2)OC(=O)C1=Cc1ccccc1Oc1ccc([N+](=O)[O-])cc1[N+](=O)[O-]. The Balaban J connectivity index is 1.65. The molecule has 0 atom stereocenters. The Kier molecular flexibility index (Phi) is 5.78. The van der Waals surface area contributed by atoms with Crippen LogP contribution in [0.5, 0.6) is 11.5 Å². The van der Waals surface area contributed by atoms with Gasteiger partial charge in [-0.25, -0.2) is 9.59 Å². The van der Waals surface area contributed by atoms with Crippen LogP contribution >= 0.6 is 0 Å². The fourth-order valence-corrected chi connectivity index (χ4v) is 3.78. The van der Waals surface area contributed by atoms with Gasteiger partial charge < -0.3 is 14.2 Å². The highest BCUT2D eigenvalue weighted by Crippen LogP contribution is 2.39. The summed E-state index contributed by atoms with van der Waals surface area (Å²) in [5.41, 5.74) is -1.15. The highest BCUT2D eigenvalue weighted by Gasteiger charge is 2.46. The predicted octanol–water partition coefficient (Wildman–Crippen LogP) is 4.44. The van der Waals surface area contributed by atoms with Crippen molar-refractivity contribution in [3.8, 4) is 11.5 Å². The van der Waals surface area contributed by atoms with Gasteiger partial charge in [0.25, 0.3) is 11.5 Å². The van der Waals surface area contributed by atoms with Crippen LogP contribution in [0, 0.1) is 20.2 Å². The molecule has 1 heterocycles. The number of benzene rings is 2. The van der Waals surface area contributed by atoms with E-state index >= 15 is 0 Å². The number of hydrogen-bond acceptors (Lipinski definition) is 9. The molecule has 1 aliphatic carbocycles. The minimum atomic E-state index is -1.22. The zero-order chi connectivity index (χ0) is 23.6. The quantitative estimate of drug-likeness (QED) is 0.210. The number of rotatable bonds is 5. The summed E-state index contributed by atoms with van der Waals surface area (Å²) in [7, 11) is 0. The third-order valence-corrected chi connectivity index (χ3v) is 5.40. The number of ether oxygens (including phenoxy) is 3. The van der Waals surface area contributed by atoms with E-state index in [1.807, 2.05) is 0 Å². The van der Waals surface area contributed by atoms with E-state index in [2.05, 4.69) is 0 Å². The maximum atomic E-state index is 12.6. The molecule has 0 bridgehead atoms. The van der Waals surface area contributed by atoms with Crippen LogP contribution in [-0.2, 0) is 19.1 Å². The molecule has 0 aromatic heterocycles. The molecule has 4 rings (SSSR count). The first kappa shape index (κ1) is 21.9. The second-order valence-corrected chi connectivity index (χ2v) is 7.61.